The standard InChI is InChI=1S/C13H15IN2O5/c1-2-3-8(13(18)19)7-15-12(17)10-6-9(16(20)21)4-5-11(10)14/h4-6,8H,2-3,7H2,1H3,(H,15,17)(H,18,19). The van der Waals surface area contributed by atoms with Crippen LogP contribution >= 0.6 is 22.6 Å². The number of carbonyl (C=O) groups is 2. The maximum absolute atomic E-state index is 12.0. The van der Waals surface area contributed by atoms with Crippen LogP contribution in [0.4, 0.5) is 5.69 Å². The van der Waals surface area contributed by atoms with Gasteiger partial charge in [-0.1, -0.05) is 13.3 Å². The van der Waals surface area contributed by atoms with Gasteiger partial charge in [-0.2, -0.15) is 0 Å². The lowest BCUT2D eigenvalue weighted by atomic mass is 10.0. The predicted octanol–water partition coefficient (Wildman–Crippen LogP) is 2.43. The van der Waals surface area contributed by atoms with Gasteiger partial charge in [0.25, 0.3) is 11.6 Å². The lowest BCUT2D eigenvalue weighted by molar-refractivity contribution is -0.384. The number of carbonyl (C=O) groups excluding carboxylic acids is 1. The van der Waals surface area contributed by atoms with Crippen LogP contribution in [0.15, 0.2) is 18.2 Å². The largest absolute Gasteiger partial charge is 0.481 e. The van der Waals surface area contributed by atoms with E-state index in [4.69, 9.17) is 5.11 Å². The highest BCUT2D eigenvalue weighted by Gasteiger charge is 2.20. The van der Waals surface area contributed by atoms with Crippen molar-refractivity contribution in [3.05, 3.63) is 37.4 Å². The van der Waals surface area contributed by atoms with Crippen molar-refractivity contribution in [2.45, 2.75) is 19.8 Å². The molecule has 0 saturated heterocycles. The molecule has 0 aliphatic carbocycles. The monoisotopic (exact) mass is 406 g/mol. The Bertz CT molecular complexity index is 561. The number of halogens is 1. The zero-order valence-corrected chi connectivity index (χ0v) is 13.5. The second kappa shape index (κ2) is 7.91. The molecule has 0 fully saturated rings. The molecule has 8 heteroatoms. The Morgan fingerprint density at radius 2 is 2.14 bits per heavy atom. The van der Waals surface area contributed by atoms with Gasteiger partial charge in [-0.3, -0.25) is 19.7 Å². The molecule has 2 N–H and O–H groups in total. The van der Waals surface area contributed by atoms with Gasteiger partial charge in [0.15, 0.2) is 0 Å². The van der Waals surface area contributed by atoms with E-state index in [0.29, 0.717) is 16.4 Å². The molecule has 1 aromatic carbocycles. The minimum Gasteiger partial charge on any atom is -0.481 e. The Morgan fingerprint density at radius 3 is 2.67 bits per heavy atom. The number of hydrogen-bond donors (Lipinski definition) is 2. The maximum Gasteiger partial charge on any atom is 0.308 e. The van der Waals surface area contributed by atoms with Crippen molar-refractivity contribution in [1.82, 2.24) is 5.32 Å². The van der Waals surface area contributed by atoms with E-state index in [9.17, 15) is 19.7 Å². The fraction of sp³-hybridized carbons (Fsp3) is 0.385. The van der Waals surface area contributed by atoms with Gasteiger partial charge in [0.2, 0.25) is 0 Å². The highest BCUT2D eigenvalue weighted by atomic mass is 127. The summed E-state index contributed by atoms with van der Waals surface area (Å²) in [4.78, 5) is 33.2. The zero-order valence-electron chi connectivity index (χ0n) is 11.3. The first kappa shape index (κ1) is 17.3. The number of carboxylic acid groups (broad SMARTS) is 1. The van der Waals surface area contributed by atoms with Gasteiger partial charge < -0.3 is 10.4 Å². The summed E-state index contributed by atoms with van der Waals surface area (Å²) >= 11 is 1.90. The average Bonchev–Trinajstić information content (AvgIpc) is 2.42. The fourth-order valence-corrected chi connectivity index (χ4v) is 2.35. The van der Waals surface area contributed by atoms with E-state index in [1.54, 1.807) is 0 Å². The third-order valence-electron chi connectivity index (χ3n) is 2.90. The van der Waals surface area contributed by atoms with Gasteiger partial charge in [0, 0.05) is 22.2 Å². The van der Waals surface area contributed by atoms with Gasteiger partial charge in [-0.05, 0) is 35.1 Å². The molecule has 0 aliphatic rings. The number of nitro benzene ring substituents is 1. The van der Waals surface area contributed by atoms with Gasteiger partial charge in [0.05, 0.1) is 16.4 Å². The molecule has 1 rings (SSSR count). The number of carboxylic acids is 1. The number of amides is 1. The Balaban J connectivity index is 2.82. The molecule has 1 unspecified atom stereocenters. The van der Waals surface area contributed by atoms with Crippen molar-refractivity contribution in [3.63, 3.8) is 0 Å². The lowest BCUT2D eigenvalue weighted by Crippen LogP contribution is -2.33. The number of nitro groups is 1. The molecular formula is C13H15IN2O5. The zero-order chi connectivity index (χ0) is 16.0. The predicted molar refractivity (Wildman–Crippen MR) is 84.2 cm³/mol. The van der Waals surface area contributed by atoms with Crippen LogP contribution in [-0.2, 0) is 4.79 Å². The second-order valence-corrected chi connectivity index (χ2v) is 5.62. The number of rotatable bonds is 7. The van der Waals surface area contributed by atoms with Crippen molar-refractivity contribution in [1.29, 1.82) is 0 Å². The van der Waals surface area contributed by atoms with Crippen molar-refractivity contribution in [2.24, 2.45) is 5.92 Å². The van der Waals surface area contributed by atoms with Crippen LogP contribution in [0.1, 0.15) is 30.1 Å². The fourth-order valence-electron chi connectivity index (χ4n) is 1.77. The first-order chi connectivity index (χ1) is 9.86. The molecule has 0 radical (unpaired) electrons. The van der Waals surface area contributed by atoms with E-state index in [1.165, 1.54) is 18.2 Å². The minimum atomic E-state index is -0.967. The van der Waals surface area contributed by atoms with Crippen molar-refractivity contribution < 1.29 is 19.6 Å². The number of aliphatic carboxylic acids is 1. The Hall–Kier alpha value is -1.71. The van der Waals surface area contributed by atoms with Gasteiger partial charge in [0.1, 0.15) is 0 Å². The summed E-state index contributed by atoms with van der Waals surface area (Å²) in [6, 6.07) is 3.98. The van der Waals surface area contributed by atoms with E-state index in [1.807, 2.05) is 29.5 Å². The van der Waals surface area contributed by atoms with E-state index in [-0.39, 0.29) is 17.8 Å². The molecule has 0 saturated carbocycles. The van der Waals surface area contributed by atoms with Crippen LogP contribution in [0.3, 0.4) is 0 Å². The summed E-state index contributed by atoms with van der Waals surface area (Å²) < 4.78 is 0.568. The van der Waals surface area contributed by atoms with Crippen LogP contribution in [-0.4, -0.2) is 28.5 Å². The smallest absolute Gasteiger partial charge is 0.308 e. The number of nitrogens with one attached hydrogen (secondary N) is 1. The summed E-state index contributed by atoms with van der Waals surface area (Å²) in [5.74, 6) is -2.13. The summed E-state index contributed by atoms with van der Waals surface area (Å²) in [6.07, 6.45) is 1.16. The third kappa shape index (κ3) is 4.96. The first-order valence-corrected chi connectivity index (χ1v) is 7.39. The van der Waals surface area contributed by atoms with Gasteiger partial charge in [-0.15, -0.1) is 0 Å². The van der Waals surface area contributed by atoms with Gasteiger partial charge >= 0.3 is 5.97 Å². The Labute approximate surface area is 135 Å². The molecular weight excluding hydrogens is 391 g/mol. The summed E-state index contributed by atoms with van der Waals surface area (Å²) in [7, 11) is 0. The molecule has 0 heterocycles. The lowest BCUT2D eigenvalue weighted by Gasteiger charge is -2.12. The SMILES string of the molecule is CCCC(CNC(=O)c1cc([N+](=O)[O-])ccc1I)C(=O)O. The van der Waals surface area contributed by atoms with Crippen molar-refractivity contribution in [3.8, 4) is 0 Å². The van der Waals surface area contributed by atoms with E-state index in [0.717, 1.165) is 0 Å². The molecule has 0 spiro atoms. The number of benzene rings is 1. The van der Waals surface area contributed by atoms with Gasteiger partial charge in [-0.25, -0.2) is 0 Å². The van der Waals surface area contributed by atoms with Crippen LogP contribution in [0.2, 0.25) is 0 Å². The topological polar surface area (TPSA) is 110 Å². The third-order valence-corrected chi connectivity index (χ3v) is 3.84. The number of hydrogen-bond acceptors (Lipinski definition) is 4. The average molecular weight is 406 g/mol. The Kier molecular flexibility index (Phi) is 6.53. The molecule has 114 valence electrons. The molecule has 7 nitrogen and oxygen atoms in total. The molecule has 0 aliphatic heterocycles. The first-order valence-electron chi connectivity index (χ1n) is 6.31. The highest BCUT2D eigenvalue weighted by Crippen LogP contribution is 2.19. The molecule has 0 aromatic heterocycles. The molecule has 1 amide bonds. The Morgan fingerprint density at radius 1 is 1.48 bits per heavy atom. The minimum absolute atomic E-state index is 0.000772. The molecule has 1 atom stereocenters. The van der Waals surface area contributed by atoms with E-state index in [2.05, 4.69) is 5.32 Å². The maximum atomic E-state index is 12.0. The second-order valence-electron chi connectivity index (χ2n) is 4.46. The van der Waals surface area contributed by atoms with Crippen molar-refractivity contribution in [2.75, 3.05) is 6.54 Å². The van der Waals surface area contributed by atoms with Crippen LogP contribution in [0, 0.1) is 19.6 Å². The quantitative estimate of drug-likeness (QED) is 0.411. The molecule has 0 bridgehead atoms. The van der Waals surface area contributed by atoms with Crippen molar-refractivity contribution >= 4 is 40.2 Å². The molecule has 21 heavy (non-hydrogen) atoms. The van der Waals surface area contributed by atoms with E-state index >= 15 is 0 Å². The van der Waals surface area contributed by atoms with Crippen LogP contribution < -0.4 is 5.32 Å². The highest BCUT2D eigenvalue weighted by molar-refractivity contribution is 14.1. The normalized spacial score (nSPS) is 11.7. The summed E-state index contributed by atoms with van der Waals surface area (Å²) in [6.45, 7) is 1.86. The summed E-state index contributed by atoms with van der Waals surface area (Å²) in [5.41, 5.74) is -0.00524. The number of non-ortho nitro benzene ring substituents is 1. The van der Waals surface area contributed by atoms with Crippen LogP contribution in [0.25, 0.3) is 0 Å². The summed E-state index contributed by atoms with van der Waals surface area (Å²) in [5, 5.41) is 22.3. The van der Waals surface area contributed by atoms with Crippen LogP contribution in [0.5, 0.6) is 0 Å². The molecule has 1 aromatic rings. The number of nitrogens with zero attached hydrogens (tertiary/aromatic N) is 1. The van der Waals surface area contributed by atoms with E-state index < -0.39 is 22.7 Å².